The van der Waals surface area contributed by atoms with Crippen molar-refractivity contribution in [2.45, 2.75) is 26.2 Å². The Kier molecular flexibility index (Phi) is 4.88. The van der Waals surface area contributed by atoms with Crippen LogP contribution in [0.1, 0.15) is 42.0 Å². The monoisotopic (exact) mass is 335 g/mol. The van der Waals surface area contributed by atoms with Crippen molar-refractivity contribution in [1.29, 1.82) is 0 Å². The van der Waals surface area contributed by atoms with Crippen LogP contribution in [0.15, 0.2) is 48.5 Å². The summed E-state index contributed by atoms with van der Waals surface area (Å²) in [6.45, 7) is 4.00. The normalized spacial score (nSPS) is 12.4. The second-order valence-electron chi connectivity index (χ2n) is 5.60. The molecule has 0 radical (unpaired) electrons. The highest BCUT2D eigenvalue weighted by Crippen LogP contribution is 2.36. The quantitative estimate of drug-likeness (QED) is 0.781. The minimum absolute atomic E-state index is 0.141. The van der Waals surface area contributed by atoms with Crippen molar-refractivity contribution in [2.75, 3.05) is 5.32 Å². The van der Waals surface area contributed by atoms with Gasteiger partial charge in [-0.05, 0) is 33.9 Å². The summed E-state index contributed by atoms with van der Waals surface area (Å²) in [7, 11) is 1.66. The third kappa shape index (κ3) is 3.28. The number of nitrogens with zero attached hydrogens (tertiary/aromatic N) is 4. The fraction of sp³-hybridized carbons (Fsp3) is 0.263. The van der Waals surface area contributed by atoms with Gasteiger partial charge in [0.05, 0.1) is 13.0 Å². The molecule has 25 heavy (non-hydrogen) atoms. The molecule has 0 saturated heterocycles. The van der Waals surface area contributed by atoms with Crippen molar-refractivity contribution in [3.8, 4) is 0 Å². The Morgan fingerprint density at radius 3 is 2.12 bits per heavy atom. The lowest BCUT2D eigenvalue weighted by Gasteiger charge is -2.27. The lowest BCUT2D eigenvalue weighted by molar-refractivity contribution is -0.116. The lowest BCUT2D eigenvalue weighted by Crippen LogP contribution is -2.27. The molecular formula is C19H21N5O. The minimum Gasteiger partial charge on any atom is -0.291 e. The number of hydrogen-bond acceptors (Lipinski definition) is 4. The summed E-state index contributed by atoms with van der Waals surface area (Å²) in [6, 6.07) is 16.1. The number of aromatic nitrogens is 4. The summed E-state index contributed by atoms with van der Waals surface area (Å²) in [5, 5.41) is 14.4. The van der Waals surface area contributed by atoms with Crippen LogP contribution in [0, 0.1) is 0 Å². The fourth-order valence-electron chi connectivity index (χ4n) is 3.13. The molecule has 0 spiro atoms. The van der Waals surface area contributed by atoms with Gasteiger partial charge in [0.15, 0.2) is 0 Å². The molecule has 0 bridgehead atoms. The van der Waals surface area contributed by atoms with Crippen LogP contribution in [0.25, 0.3) is 0 Å². The molecule has 1 aromatic heterocycles. The van der Waals surface area contributed by atoms with E-state index in [4.69, 9.17) is 0 Å². The molecule has 0 fully saturated rings. The molecule has 1 aliphatic rings. The van der Waals surface area contributed by atoms with Crippen molar-refractivity contribution in [1.82, 2.24) is 20.2 Å². The Morgan fingerprint density at radius 1 is 1.04 bits per heavy atom. The number of carbonyl (C=O) groups is 1. The van der Waals surface area contributed by atoms with Gasteiger partial charge in [-0.25, -0.2) is 0 Å². The van der Waals surface area contributed by atoms with Crippen LogP contribution in [0.3, 0.4) is 0 Å². The Bertz CT molecular complexity index is 841. The molecule has 1 aliphatic carbocycles. The molecular weight excluding hydrogens is 314 g/mol. The van der Waals surface area contributed by atoms with E-state index in [9.17, 15) is 4.79 Å². The minimum atomic E-state index is -0.361. The number of benzene rings is 2. The van der Waals surface area contributed by atoms with Crippen LogP contribution in [-0.2, 0) is 18.3 Å². The predicted octanol–water partition coefficient (Wildman–Crippen LogP) is 2.91. The van der Waals surface area contributed by atoms with Crippen LogP contribution in [0.2, 0.25) is 0 Å². The maximum atomic E-state index is 12.9. The van der Waals surface area contributed by atoms with Gasteiger partial charge < -0.3 is 0 Å². The van der Waals surface area contributed by atoms with E-state index in [1.807, 2.05) is 50.2 Å². The van der Waals surface area contributed by atoms with Gasteiger partial charge >= 0.3 is 0 Å². The second kappa shape index (κ2) is 7.25. The molecule has 2 aromatic carbocycles. The number of aryl methyl sites for hydroxylation is 1. The molecule has 0 unspecified atom stereocenters. The maximum absolute atomic E-state index is 12.9. The first-order valence-corrected chi connectivity index (χ1v) is 8.43. The topological polar surface area (TPSA) is 72.7 Å². The molecule has 0 atom stereocenters. The van der Waals surface area contributed by atoms with Crippen LogP contribution in [0.5, 0.6) is 0 Å². The number of hydrogen-bond donors (Lipinski definition) is 1. The maximum Gasteiger partial charge on any atom is 0.270 e. The Morgan fingerprint density at radius 2 is 1.60 bits per heavy atom. The Balaban J connectivity index is 0.000000880. The lowest BCUT2D eigenvalue weighted by atomic mass is 9.78. The van der Waals surface area contributed by atoms with Gasteiger partial charge in [0.2, 0.25) is 5.91 Å². The average molecular weight is 335 g/mol. The second-order valence-corrected chi connectivity index (χ2v) is 5.60. The number of rotatable bonds is 2. The molecule has 6 heteroatoms. The SMILES string of the molecule is CC.Cn1nnc(NC(=O)C2c3ccccc3Cc3ccccc32)n1. The number of carbonyl (C=O) groups excluding carboxylic acids is 1. The number of tetrazole rings is 1. The zero-order valence-electron chi connectivity index (χ0n) is 14.6. The zero-order chi connectivity index (χ0) is 17.8. The van der Waals surface area contributed by atoms with Crippen LogP contribution in [0.4, 0.5) is 5.95 Å². The van der Waals surface area contributed by atoms with E-state index in [1.54, 1.807) is 7.05 Å². The molecule has 1 amide bonds. The highest BCUT2D eigenvalue weighted by atomic mass is 16.2. The summed E-state index contributed by atoms with van der Waals surface area (Å²) >= 11 is 0. The smallest absolute Gasteiger partial charge is 0.270 e. The molecule has 0 saturated carbocycles. The first-order valence-electron chi connectivity index (χ1n) is 8.43. The molecule has 3 aromatic rings. The number of amides is 1. The molecule has 128 valence electrons. The van der Waals surface area contributed by atoms with E-state index in [-0.39, 0.29) is 17.8 Å². The van der Waals surface area contributed by atoms with E-state index in [0.29, 0.717) is 0 Å². The zero-order valence-corrected chi connectivity index (χ0v) is 14.6. The summed E-state index contributed by atoms with van der Waals surface area (Å²) in [6.07, 6.45) is 0.847. The standard InChI is InChI=1S/C17H15N5O.C2H6/c1-22-20-17(19-21-22)18-16(23)15-13-8-4-2-6-11(13)10-12-7-3-5-9-14(12)15;1-2/h2-9,15H,10H2,1H3,(H,18,20,23);1-2H3. The Hall–Kier alpha value is -3.02. The van der Waals surface area contributed by atoms with Crippen molar-refractivity contribution in [2.24, 2.45) is 7.05 Å². The van der Waals surface area contributed by atoms with E-state index in [2.05, 4.69) is 32.9 Å². The Labute approximate surface area is 146 Å². The van der Waals surface area contributed by atoms with Gasteiger partial charge in [0, 0.05) is 0 Å². The van der Waals surface area contributed by atoms with Gasteiger partial charge in [-0.2, -0.15) is 4.80 Å². The van der Waals surface area contributed by atoms with E-state index in [0.717, 1.165) is 17.5 Å². The van der Waals surface area contributed by atoms with E-state index in [1.165, 1.54) is 15.9 Å². The largest absolute Gasteiger partial charge is 0.291 e. The first-order chi connectivity index (χ1) is 12.2. The fourth-order valence-corrected chi connectivity index (χ4v) is 3.13. The van der Waals surface area contributed by atoms with Gasteiger partial charge in [-0.15, -0.1) is 5.10 Å². The van der Waals surface area contributed by atoms with E-state index >= 15 is 0 Å². The summed E-state index contributed by atoms with van der Waals surface area (Å²) in [5.74, 6) is -0.282. The van der Waals surface area contributed by atoms with Crippen molar-refractivity contribution in [3.63, 3.8) is 0 Å². The highest BCUT2D eigenvalue weighted by molar-refractivity contribution is 5.97. The third-order valence-electron chi connectivity index (χ3n) is 4.12. The number of fused-ring (bicyclic) bond motifs is 2. The summed E-state index contributed by atoms with van der Waals surface area (Å²) < 4.78 is 0. The molecule has 1 N–H and O–H groups in total. The van der Waals surface area contributed by atoms with Gasteiger partial charge in [0.25, 0.3) is 5.95 Å². The van der Waals surface area contributed by atoms with Crippen molar-refractivity contribution >= 4 is 11.9 Å². The summed E-state index contributed by atoms with van der Waals surface area (Å²) in [5.41, 5.74) is 4.43. The van der Waals surface area contributed by atoms with Crippen LogP contribution < -0.4 is 5.32 Å². The first kappa shape index (κ1) is 16.8. The molecule has 1 heterocycles. The summed E-state index contributed by atoms with van der Waals surface area (Å²) in [4.78, 5) is 14.2. The molecule has 4 rings (SSSR count). The molecule has 6 nitrogen and oxygen atoms in total. The van der Waals surface area contributed by atoms with Crippen LogP contribution >= 0.6 is 0 Å². The third-order valence-corrected chi connectivity index (χ3v) is 4.12. The molecule has 0 aliphatic heterocycles. The van der Waals surface area contributed by atoms with E-state index < -0.39 is 0 Å². The van der Waals surface area contributed by atoms with Crippen molar-refractivity contribution in [3.05, 3.63) is 70.8 Å². The van der Waals surface area contributed by atoms with Crippen LogP contribution in [-0.4, -0.2) is 26.1 Å². The van der Waals surface area contributed by atoms with Crippen molar-refractivity contribution < 1.29 is 4.79 Å². The van der Waals surface area contributed by atoms with Gasteiger partial charge in [-0.1, -0.05) is 67.5 Å². The highest BCUT2D eigenvalue weighted by Gasteiger charge is 2.31. The van der Waals surface area contributed by atoms with Gasteiger partial charge in [0.1, 0.15) is 0 Å². The predicted molar refractivity (Wildman–Crippen MR) is 96.3 cm³/mol. The van der Waals surface area contributed by atoms with Gasteiger partial charge in [-0.3, -0.25) is 10.1 Å². The number of anilines is 1. The average Bonchev–Trinajstić information content (AvgIpc) is 3.05. The number of nitrogens with one attached hydrogen (secondary N) is 1.